The molecule has 4 rings (SSSR count). The Morgan fingerprint density at radius 1 is 1.08 bits per heavy atom. The maximum Gasteiger partial charge on any atom is 0.249 e. The molecule has 1 aromatic heterocycles. The van der Waals surface area contributed by atoms with E-state index < -0.39 is 5.91 Å². The fraction of sp³-hybridized carbons (Fsp3) is 0.0909. The number of nitrogens with two attached hydrogens (primary N) is 1. The van der Waals surface area contributed by atoms with E-state index in [0.29, 0.717) is 17.7 Å². The normalized spacial score (nSPS) is 10.9. The van der Waals surface area contributed by atoms with Gasteiger partial charge in [-0.05, 0) is 48.4 Å². The minimum absolute atomic E-state index is 0.423. The highest BCUT2D eigenvalue weighted by molar-refractivity contribution is 6.17. The molecule has 4 nitrogen and oxygen atoms in total. The summed E-state index contributed by atoms with van der Waals surface area (Å²) in [5.74, 6) is -0.423. The monoisotopic (exact) mass is 339 g/mol. The van der Waals surface area contributed by atoms with Crippen molar-refractivity contribution >= 4 is 27.7 Å². The fourth-order valence-electron chi connectivity index (χ4n) is 3.50. The lowest BCUT2D eigenvalue weighted by atomic mass is 10.1. The number of hydrogen-bond acceptors (Lipinski definition) is 2. The molecule has 2 N–H and O–H groups in total. The number of aryl methyl sites for hydroxylation is 1. The van der Waals surface area contributed by atoms with Gasteiger partial charge in [0.2, 0.25) is 5.91 Å². The summed E-state index contributed by atoms with van der Waals surface area (Å²) < 4.78 is 2.20. The van der Waals surface area contributed by atoms with E-state index in [1.807, 2.05) is 42.5 Å². The average molecular weight is 339 g/mol. The first-order valence-electron chi connectivity index (χ1n) is 8.39. The van der Waals surface area contributed by atoms with E-state index in [2.05, 4.69) is 29.7 Å². The number of rotatable bonds is 3. The van der Waals surface area contributed by atoms with Crippen molar-refractivity contribution in [2.24, 2.45) is 5.73 Å². The summed E-state index contributed by atoms with van der Waals surface area (Å²) >= 11 is 0. The number of nitriles is 1. The third kappa shape index (κ3) is 2.51. The molecule has 0 radical (unpaired) electrons. The van der Waals surface area contributed by atoms with E-state index in [1.54, 1.807) is 6.07 Å². The molecule has 0 saturated carbocycles. The minimum Gasteiger partial charge on any atom is -0.366 e. The summed E-state index contributed by atoms with van der Waals surface area (Å²) in [4.78, 5) is 11.9. The average Bonchev–Trinajstić information content (AvgIpc) is 2.95. The third-order valence-corrected chi connectivity index (χ3v) is 4.74. The van der Waals surface area contributed by atoms with Crippen molar-refractivity contribution < 1.29 is 4.79 Å². The van der Waals surface area contributed by atoms with Crippen LogP contribution in [0.15, 0.2) is 60.7 Å². The molecule has 1 amide bonds. The summed E-state index contributed by atoms with van der Waals surface area (Å²) in [6.45, 7) is 2.70. The Labute approximate surface area is 151 Å². The van der Waals surface area contributed by atoms with Gasteiger partial charge in [0, 0.05) is 28.4 Å². The van der Waals surface area contributed by atoms with E-state index in [1.165, 1.54) is 0 Å². The third-order valence-electron chi connectivity index (χ3n) is 4.74. The standard InChI is InChI=1S/C22H17N3O/c1-14-5-10-17-20(11-14)25(13-16-8-6-15(12-23)7-9-16)19-4-2-3-18(21(17)19)22(24)26/h2-11H,13H2,1H3,(H2,24,26). The van der Waals surface area contributed by atoms with Crippen LogP contribution in [-0.4, -0.2) is 10.5 Å². The second-order valence-corrected chi connectivity index (χ2v) is 6.48. The molecule has 26 heavy (non-hydrogen) atoms. The number of primary amides is 1. The number of benzene rings is 3. The molecule has 4 heteroatoms. The van der Waals surface area contributed by atoms with Gasteiger partial charge >= 0.3 is 0 Å². The van der Waals surface area contributed by atoms with Gasteiger partial charge in [0.15, 0.2) is 0 Å². The first-order valence-corrected chi connectivity index (χ1v) is 8.39. The lowest BCUT2D eigenvalue weighted by Crippen LogP contribution is -2.11. The summed E-state index contributed by atoms with van der Waals surface area (Å²) in [6.07, 6.45) is 0. The summed E-state index contributed by atoms with van der Waals surface area (Å²) in [5, 5.41) is 10.9. The minimum atomic E-state index is -0.423. The quantitative estimate of drug-likeness (QED) is 0.610. The Bertz CT molecular complexity index is 1190. The van der Waals surface area contributed by atoms with Crippen molar-refractivity contribution in [1.82, 2.24) is 4.57 Å². The first kappa shape index (κ1) is 15.9. The Morgan fingerprint density at radius 3 is 2.54 bits per heavy atom. The molecule has 0 aliphatic carbocycles. The SMILES string of the molecule is Cc1ccc2c3c(C(N)=O)cccc3n(Cc3ccc(C#N)cc3)c2c1. The number of fused-ring (bicyclic) bond motifs is 3. The number of amides is 1. The number of carbonyl (C=O) groups excluding carboxylic acids is 1. The van der Waals surface area contributed by atoms with E-state index in [-0.39, 0.29) is 0 Å². The largest absolute Gasteiger partial charge is 0.366 e. The Morgan fingerprint density at radius 2 is 1.85 bits per heavy atom. The van der Waals surface area contributed by atoms with E-state index in [0.717, 1.165) is 32.9 Å². The van der Waals surface area contributed by atoms with Crippen LogP contribution >= 0.6 is 0 Å². The van der Waals surface area contributed by atoms with Crippen LogP contribution in [0.3, 0.4) is 0 Å². The number of hydrogen-bond donors (Lipinski definition) is 1. The second kappa shape index (κ2) is 6.05. The summed E-state index contributed by atoms with van der Waals surface area (Å²) in [5.41, 5.74) is 11.1. The molecule has 0 saturated heterocycles. The Hall–Kier alpha value is -3.58. The molecule has 0 bridgehead atoms. The van der Waals surface area contributed by atoms with E-state index in [9.17, 15) is 4.79 Å². The number of nitrogens with zero attached hydrogens (tertiary/aromatic N) is 2. The molecule has 1 heterocycles. The second-order valence-electron chi connectivity index (χ2n) is 6.48. The first-order chi connectivity index (χ1) is 12.6. The molecule has 0 atom stereocenters. The van der Waals surface area contributed by atoms with Crippen molar-refractivity contribution in [3.63, 3.8) is 0 Å². The molecule has 0 spiro atoms. The van der Waals surface area contributed by atoms with Crippen LogP contribution in [0.1, 0.15) is 27.0 Å². The Kier molecular flexibility index (Phi) is 3.70. The molecular formula is C22H17N3O. The highest BCUT2D eigenvalue weighted by atomic mass is 16.1. The van der Waals surface area contributed by atoms with Gasteiger partial charge in [-0.3, -0.25) is 4.79 Å². The maximum atomic E-state index is 11.9. The lowest BCUT2D eigenvalue weighted by Gasteiger charge is -2.08. The van der Waals surface area contributed by atoms with Crippen molar-refractivity contribution in [1.29, 1.82) is 5.26 Å². The summed E-state index contributed by atoms with van der Waals surface area (Å²) in [7, 11) is 0. The van der Waals surface area contributed by atoms with Gasteiger partial charge in [-0.2, -0.15) is 5.26 Å². The van der Waals surface area contributed by atoms with Crippen LogP contribution in [0.25, 0.3) is 21.8 Å². The lowest BCUT2D eigenvalue weighted by molar-refractivity contribution is 0.100. The molecule has 0 unspecified atom stereocenters. The number of aromatic nitrogens is 1. The summed E-state index contributed by atoms with van der Waals surface area (Å²) in [6, 6.07) is 21.6. The number of carbonyl (C=O) groups is 1. The fourth-order valence-corrected chi connectivity index (χ4v) is 3.50. The van der Waals surface area contributed by atoms with Gasteiger partial charge in [-0.15, -0.1) is 0 Å². The highest BCUT2D eigenvalue weighted by Gasteiger charge is 2.16. The van der Waals surface area contributed by atoms with Crippen LogP contribution in [0, 0.1) is 18.3 Å². The maximum absolute atomic E-state index is 11.9. The van der Waals surface area contributed by atoms with Crippen molar-refractivity contribution in [3.05, 3.63) is 82.9 Å². The van der Waals surface area contributed by atoms with Crippen LogP contribution in [-0.2, 0) is 6.54 Å². The van der Waals surface area contributed by atoms with Crippen LogP contribution in [0.5, 0.6) is 0 Å². The zero-order chi connectivity index (χ0) is 18.3. The molecule has 0 aliphatic rings. The predicted octanol–water partition coefficient (Wildman–Crippen LogP) is 4.12. The molecule has 126 valence electrons. The molecule has 4 aromatic rings. The van der Waals surface area contributed by atoms with Crippen LogP contribution < -0.4 is 5.73 Å². The zero-order valence-electron chi connectivity index (χ0n) is 14.4. The van der Waals surface area contributed by atoms with Crippen molar-refractivity contribution in [3.8, 4) is 6.07 Å². The van der Waals surface area contributed by atoms with Crippen molar-refractivity contribution in [2.45, 2.75) is 13.5 Å². The van der Waals surface area contributed by atoms with Gasteiger partial charge in [0.05, 0.1) is 17.1 Å². The van der Waals surface area contributed by atoms with Gasteiger partial charge in [-0.1, -0.05) is 30.3 Å². The van der Waals surface area contributed by atoms with Crippen LogP contribution in [0.4, 0.5) is 0 Å². The van der Waals surface area contributed by atoms with Crippen LogP contribution in [0.2, 0.25) is 0 Å². The van der Waals surface area contributed by atoms with Gasteiger partial charge in [0.25, 0.3) is 0 Å². The zero-order valence-corrected chi connectivity index (χ0v) is 14.4. The Balaban J connectivity index is 2.00. The molecule has 0 fully saturated rings. The predicted molar refractivity (Wildman–Crippen MR) is 103 cm³/mol. The smallest absolute Gasteiger partial charge is 0.249 e. The van der Waals surface area contributed by atoms with E-state index in [4.69, 9.17) is 11.0 Å². The van der Waals surface area contributed by atoms with Gasteiger partial charge in [0.1, 0.15) is 0 Å². The van der Waals surface area contributed by atoms with Gasteiger partial charge < -0.3 is 10.3 Å². The molecule has 3 aromatic carbocycles. The highest BCUT2D eigenvalue weighted by Crippen LogP contribution is 2.32. The van der Waals surface area contributed by atoms with Crippen molar-refractivity contribution in [2.75, 3.05) is 0 Å². The topological polar surface area (TPSA) is 71.8 Å². The van der Waals surface area contributed by atoms with Gasteiger partial charge in [-0.25, -0.2) is 0 Å². The molecule has 0 aliphatic heterocycles. The van der Waals surface area contributed by atoms with E-state index >= 15 is 0 Å². The molecular weight excluding hydrogens is 322 g/mol.